The normalized spacial score (nSPS) is 17.0. The number of aryl methyl sites for hydroxylation is 2. The van der Waals surface area contributed by atoms with Crippen molar-refractivity contribution in [3.05, 3.63) is 59.2 Å². The molecular weight excluding hydrogens is 371 g/mol. The van der Waals surface area contributed by atoms with Crippen molar-refractivity contribution in [3.8, 4) is 0 Å². The molecule has 0 bridgehead atoms. The molecule has 1 fully saturated rings. The van der Waals surface area contributed by atoms with Crippen molar-refractivity contribution < 1.29 is 22.8 Å². The van der Waals surface area contributed by atoms with Gasteiger partial charge < -0.3 is 15.5 Å². The van der Waals surface area contributed by atoms with Gasteiger partial charge in [-0.1, -0.05) is 18.2 Å². The van der Waals surface area contributed by atoms with Crippen LogP contribution >= 0.6 is 0 Å². The maximum absolute atomic E-state index is 13.0. The second kappa shape index (κ2) is 7.53. The van der Waals surface area contributed by atoms with Crippen LogP contribution in [0.15, 0.2) is 42.5 Å². The zero-order valence-corrected chi connectivity index (χ0v) is 15.4. The van der Waals surface area contributed by atoms with Crippen molar-refractivity contribution in [2.75, 3.05) is 16.8 Å². The van der Waals surface area contributed by atoms with Crippen molar-refractivity contribution in [2.24, 2.45) is 0 Å². The first-order chi connectivity index (χ1) is 13.1. The summed E-state index contributed by atoms with van der Waals surface area (Å²) in [6, 6.07) is 8.81. The molecule has 0 aliphatic carbocycles. The van der Waals surface area contributed by atoms with Crippen molar-refractivity contribution in [2.45, 2.75) is 32.5 Å². The summed E-state index contributed by atoms with van der Waals surface area (Å²) in [6.07, 6.45) is -4.22. The molecule has 1 atom stereocenters. The van der Waals surface area contributed by atoms with Gasteiger partial charge in [0, 0.05) is 12.2 Å². The number of hydrogen-bond acceptors (Lipinski definition) is 2. The summed E-state index contributed by atoms with van der Waals surface area (Å²) in [5, 5.41) is 4.67. The Balaban J connectivity index is 1.68. The maximum Gasteiger partial charge on any atom is 0.418 e. The third-order valence-electron chi connectivity index (χ3n) is 4.51. The van der Waals surface area contributed by atoms with Crippen LogP contribution in [0.3, 0.4) is 0 Å². The van der Waals surface area contributed by atoms with Gasteiger partial charge in [-0.15, -0.1) is 0 Å². The number of carbonyl (C=O) groups is 2. The molecule has 1 saturated heterocycles. The van der Waals surface area contributed by atoms with Crippen LogP contribution in [-0.2, 0) is 11.0 Å². The molecule has 1 aliphatic heterocycles. The van der Waals surface area contributed by atoms with E-state index in [0.29, 0.717) is 13.0 Å². The summed E-state index contributed by atoms with van der Waals surface area (Å²) >= 11 is 0. The van der Waals surface area contributed by atoms with Crippen molar-refractivity contribution in [1.82, 2.24) is 5.32 Å². The van der Waals surface area contributed by atoms with E-state index in [1.54, 1.807) is 4.90 Å². The number of nitrogens with zero attached hydrogens (tertiary/aromatic N) is 1. The van der Waals surface area contributed by atoms with Gasteiger partial charge in [0.15, 0.2) is 0 Å². The fraction of sp³-hybridized carbons (Fsp3) is 0.300. The van der Waals surface area contributed by atoms with Crippen LogP contribution in [0.1, 0.15) is 23.1 Å². The van der Waals surface area contributed by atoms with Gasteiger partial charge in [-0.25, -0.2) is 4.79 Å². The topological polar surface area (TPSA) is 61.4 Å². The predicted octanol–water partition coefficient (Wildman–Crippen LogP) is 4.25. The average molecular weight is 391 g/mol. The molecule has 3 amide bonds. The van der Waals surface area contributed by atoms with E-state index in [9.17, 15) is 22.8 Å². The summed E-state index contributed by atoms with van der Waals surface area (Å²) in [4.78, 5) is 26.4. The highest BCUT2D eigenvalue weighted by atomic mass is 19.4. The van der Waals surface area contributed by atoms with Gasteiger partial charge in [-0.3, -0.25) is 4.79 Å². The zero-order valence-electron chi connectivity index (χ0n) is 15.4. The van der Waals surface area contributed by atoms with Gasteiger partial charge in [-0.2, -0.15) is 13.2 Å². The highest BCUT2D eigenvalue weighted by molar-refractivity contribution is 6.02. The molecule has 0 spiro atoms. The quantitative estimate of drug-likeness (QED) is 0.822. The fourth-order valence-electron chi connectivity index (χ4n) is 3.33. The van der Waals surface area contributed by atoms with E-state index in [4.69, 9.17) is 0 Å². The van der Waals surface area contributed by atoms with Gasteiger partial charge in [0.2, 0.25) is 5.91 Å². The van der Waals surface area contributed by atoms with Crippen LogP contribution in [0, 0.1) is 13.8 Å². The minimum absolute atomic E-state index is 0.288. The highest BCUT2D eigenvalue weighted by Crippen LogP contribution is 2.34. The molecule has 5 nitrogen and oxygen atoms in total. The van der Waals surface area contributed by atoms with Crippen molar-refractivity contribution in [3.63, 3.8) is 0 Å². The fourth-order valence-corrected chi connectivity index (χ4v) is 3.33. The van der Waals surface area contributed by atoms with E-state index in [-0.39, 0.29) is 11.6 Å². The molecule has 8 heteroatoms. The van der Waals surface area contributed by atoms with Gasteiger partial charge in [0.05, 0.1) is 11.3 Å². The van der Waals surface area contributed by atoms with Crippen LogP contribution in [0.5, 0.6) is 0 Å². The lowest BCUT2D eigenvalue weighted by Gasteiger charge is -2.19. The Morgan fingerprint density at radius 3 is 2.39 bits per heavy atom. The minimum Gasteiger partial charge on any atom is -0.326 e. The number of urea groups is 1. The first-order valence-electron chi connectivity index (χ1n) is 8.78. The molecule has 148 valence electrons. The molecule has 28 heavy (non-hydrogen) atoms. The first kappa shape index (κ1) is 19.7. The SMILES string of the molecule is Cc1cc(C)cc(N2CC[C@@H](NC(=O)Nc3ccccc3C(F)(F)F)C2=O)c1. The molecule has 1 aliphatic rings. The summed E-state index contributed by atoms with van der Waals surface area (Å²) in [7, 11) is 0. The van der Waals surface area contributed by atoms with Crippen LogP contribution in [0.25, 0.3) is 0 Å². The number of anilines is 2. The molecule has 2 aromatic rings. The van der Waals surface area contributed by atoms with Gasteiger partial charge in [0.25, 0.3) is 0 Å². The van der Waals surface area contributed by atoms with Crippen molar-refractivity contribution >= 4 is 23.3 Å². The molecule has 0 unspecified atom stereocenters. The third kappa shape index (κ3) is 4.27. The smallest absolute Gasteiger partial charge is 0.326 e. The van der Waals surface area contributed by atoms with E-state index in [1.165, 1.54) is 18.2 Å². The largest absolute Gasteiger partial charge is 0.418 e. The van der Waals surface area contributed by atoms with E-state index in [0.717, 1.165) is 22.9 Å². The van der Waals surface area contributed by atoms with Crippen molar-refractivity contribution in [1.29, 1.82) is 0 Å². The Morgan fingerprint density at radius 2 is 1.75 bits per heavy atom. The Hall–Kier alpha value is -3.03. The number of carbonyl (C=O) groups excluding carboxylic acids is 2. The lowest BCUT2D eigenvalue weighted by molar-refractivity contribution is -0.137. The lowest BCUT2D eigenvalue weighted by Crippen LogP contribution is -2.43. The predicted molar refractivity (Wildman–Crippen MR) is 100 cm³/mol. The summed E-state index contributed by atoms with van der Waals surface area (Å²) in [5.74, 6) is -0.288. The molecule has 1 heterocycles. The lowest BCUT2D eigenvalue weighted by atomic mass is 10.1. The Labute approximate surface area is 160 Å². The van der Waals surface area contributed by atoms with Crippen LogP contribution in [-0.4, -0.2) is 24.5 Å². The van der Waals surface area contributed by atoms with E-state index in [1.807, 2.05) is 32.0 Å². The van der Waals surface area contributed by atoms with E-state index >= 15 is 0 Å². The van der Waals surface area contributed by atoms with Gasteiger partial charge in [-0.05, 0) is 55.7 Å². The number of nitrogens with one attached hydrogen (secondary N) is 2. The summed E-state index contributed by atoms with van der Waals surface area (Å²) in [6.45, 7) is 4.28. The van der Waals surface area contributed by atoms with E-state index < -0.39 is 23.8 Å². The summed E-state index contributed by atoms with van der Waals surface area (Å²) in [5.41, 5.74) is 1.47. The number of halogens is 3. The van der Waals surface area contributed by atoms with Gasteiger partial charge >= 0.3 is 12.2 Å². The molecule has 3 rings (SSSR count). The first-order valence-corrected chi connectivity index (χ1v) is 8.78. The Bertz CT molecular complexity index is 892. The highest BCUT2D eigenvalue weighted by Gasteiger charge is 2.36. The van der Waals surface area contributed by atoms with E-state index in [2.05, 4.69) is 10.6 Å². The molecule has 2 N–H and O–H groups in total. The van der Waals surface area contributed by atoms with Crippen LogP contribution < -0.4 is 15.5 Å². The average Bonchev–Trinajstić information content (AvgIpc) is 2.94. The number of amides is 3. The number of benzene rings is 2. The number of hydrogen-bond donors (Lipinski definition) is 2. The maximum atomic E-state index is 13.0. The van der Waals surface area contributed by atoms with Crippen LogP contribution in [0.2, 0.25) is 0 Å². The minimum atomic E-state index is -4.59. The second-order valence-corrected chi connectivity index (χ2v) is 6.82. The molecule has 0 aromatic heterocycles. The number of rotatable bonds is 3. The molecule has 0 saturated carbocycles. The summed E-state index contributed by atoms with van der Waals surface area (Å²) < 4.78 is 39.1. The monoisotopic (exact) mass is 391 g/mol. The standard InChI is InChI=1S/C20H20F3N3O2/c1-12-9-13(2)11-14(10-12)26-8-7-17(18(26)27)25-19(28)24-16-6-4-3-5-15(16)20(21,22)23/h3-6,9-11,17H,7-8H2,1-2H3,(H2,24,25,28)/t17-/m1/s1. The molecule has 0 radical (unpaired) electrons. The number of para-hydroxylation sites is 1. The molecule has 2 aromatic carbocycles. The second-order valence-electron chi connectivity index (χ2n) is 6.82. The molecular formula is C20H20F3N3O2. The van der Waals surface area contributed by atoms with Gasteiger partial charge in [0.1, 0.15) is 6.04 Å². The number of alkyl halides is 3. The zero-order chi connectivity index (χ0) is 20.5. The Morgan fingerprint density at radius 1 is 1.11 bits per heavy atom. The Kier molecular flexibility index (Phi) is 5.31. The third-order valence-corrected chi connectivity index (χ3v) is 4.51. The van der Waals surface area contributed by atoms with Crippen LogP contribution in [0.4, 0.5) is 29.3 Å².